The average Bonchev–Trinajstić information content (AvgIpc) is 2.70. The van der Waals surface area contributed by atoms with E-state index in [1.807, 2.05) is 6.07 Å². The Bertz CT molecular complexity index is 871. The van der Waals surface area contributed by atoms with Crippen LogP contribution in [0, 0.1) is 0 Å². The van der Waals surface area contributed by atoms with Crippen LogP contribution in [0.25, 0.3) is 0 Å². The Hall–Kier alpha value is -3.09. The Balaban J connectivity index is 1.70. The largest absolute Gasteiger partial charge is 0.484 e. The molecule has 0 bridgehead atoms. The van der Waals surface area contributed by atoms with Gasteiger partial charge in [-0.05, 0) is 37.5 Å². The minimum Gasteiger partial charge on any atom is -0.484 e. The van der Waals surface area contributed by atoms with E-state index < -0.39 is 5.91 Å². The molecule has 1 aliphatic heterocycles. The summed E-state index contributed by atoms with van der Waals surface area (Å²) in [4.78, 5) is 38.9. The van der Waals surface area contributed by atoms with Gasteiger partial charge in [-0.25, -0.2) is 0 Å². The number of amides is 2. The molecule has 2 aromatic rings. The number of likely N-dealkylation sites (tertiary alicyclic amines) is 1. The van der Waals surface area contributed by atoms with E-state index in [9.17, 15) is 14.4 Å². The predicted molar refractivity (Wildman–Crippen MR) is 102 cm³/mol. The second-order valence-electron chi connectivity index (χ2n) is 6.56. The zero-order chi connectivity index (χ0) is 19.2. The summed E-state index contributed by atoms with van der Waals surface area (Å²) in [5, 5.41) is 2.55. The van der Waals surface area contributed by atoms with E-state index in [4.69, 9.17) is 4.74 Å². The van der Waals surface area contributed by atoms with Crippen molar-refractivity contribution in [1.82, 2.24) is 9.47 Å². The van der Waals surface area contributed by atoms with E-state index in [2.05, 4.69) is 5.32 Å². The summed E-state index contributed by atoms with van der Waals surface area (Å²) in [5.74, 6) is -0.0190. The number of anilines is 1. The second-order valence-corrected chi connectivity index (χ2v) is 6.56. The predicted octanol–water partition coefficient (Wildman–Crippen LogP) is 2.03. The van der Waals surface area contributed by atoms with Crippen molar-refractivity contribution in [2.24, 2.45) is 7.05 Å². The van der Waals surface area contributed by atoms with Crippen LogP contribution in [0.2, 0.25) is 0 Å². The van der Waals surface area contributed by atoms with Gasteiger partial charge in [0.25, 0.3) is 17.4 Å². The van der Waals surface area contributed by atoms with Gasteiger partial charge in [0.05, 0.1) is 5.56 Å². The molecule has 27 heavy (non-hydrogen) atoms. The van der Waals surface area contributed by atoms with E-state index in [0.717, 1.165) is 19.3 Å². The van der Waals surface area contributed by atoms with Gasteiger partial charge < -0.3 is 19.5 Å². The summed E-state index contributed by atoms with van der Waals surface area (Å²) in [6.07, 6.45) is 4.60. The molecule has 0 saturated carbocycles. The maximum atomic E-state index is 12.7. The Morgan fingerprint density at radius 3 is 2.52 bits per heavy atom. The number of aryl methyl sites for hydroxylation is 1. The third kappa shape index (κ3) is 4.75. The molecule has 3 rings (SSSR count). The van der Waals surface area contributed by atoms with Crippen LogP contribution in [0.15, 0.2) is 47.4 Å². The molecule has 2 heterocycles. The van der Waals surface area contributed by atoms with Crippen molar-refractivity contribution in [2.45, 2.75) is 19.3 Å². The van der Waals surface area contributed by atoms with E-state index in [1.165, 1.54) is 16.8 Å². The number of pyridine rings is 1. The van der Waals surface area contributed by atoms with Crippen molar-refractivity contribution < 1.29 is 14.3 Å². The zero-order valence-corrected chi connectivity index (χ0v) is 15.3. The monoisotopic (exact) mass is 369 g/mol. The zero-order valence-electron chi connectivity index (χ0n) is 15.3. The number of hydrogen-bond acceptors (Lipinski definition) is 4. The molecule has 1 saturated heterocycles. The number of carbonyl (C=O) groups excluding carboxylic acids is 2. The topological polar surface area (TPSA) is 80.6 Å². The minimum atomic E-state index is -0.460. The summed E-state index contributed by atoms with van der Waals surface area (Å²) >= 11 is 0. The van der Waals surface area contributed by atoms with E-state index in [0.29, 0.717) is 24.4 Å². The molecule has 1 aromatic carbocycles. The van der Waals surface area contributed by atoms with Crippen LogP contribution < -0.4 is 15.6 Å². The first-order chi connectivity index (χ1) is 13.0. The standard InChI is InChI=1S/C20H23N3O4/c1-22-13-15(19(25)23-10-6-3-7-11-23)12-17(20(22)26)21-18(24)14-27-16-8-4-2-5-9-16/h2,4-5,8-9,12-13H,3,6-7,10-11,14H2,1H3,(H,21,24). The molecule has 0 spiro atoms. The lowest BCUT2D eigenvalue weighted by molar-refractivity contribution is -0.118. The van der Waals surface area contributed by atoms with Crippen LogP contribution in [0.4, 0.5) is 5.69 Å². The smallest absolute Gasteiger partial charge is 0.274 e. The molecule has 1 aliphatic rings. The lowest BCUT2D eigenvalue weighted by Gasteiger charge is -2.27. The second kappa shape index (κ2) is 8.53. The molecule has 1 aromatic heterocycles. The first-order valence-corrected chi connectivity index (χ1v) is 9.02. The molecule has 0 aliphatic carbocycles. The molecular formula is C20H23N3O4. The number of rotatable bonds is 5. The van der Waals surface area contributed by atoms with Crippen LogP contribution in [-0.2, 0) is 11.8 Å². The molecule has 7 nitrogen and oxygen atoms in total. The Morgan fingerprint density at radius 2 is 1.81 bits per heavy atom. The number of nitrogens with one attached hydrogen (secondary N) is 1. The quantitative estimate of drug-likeness (QED) is 0.874. The number of hydrogen-bond donors (Lipinski definition) is 1. The molecule has 142 valence electrons. The van der Waals surface area contributed by atoms with Gasteiger partial charge in [0.2, 0.25) is 0 Å². The third-order valence-corrected chi connectivity index (χ3v) is 4.46. The van der Waals surface area contributed by atoms with Gasteiger partial charge in [-0.1, -0.05) is 18.2 Å². The molecule has 2 amide bonds. The van der Waals surface area contributed by atoms with Gasteiger partial charge in [-0.15, -0.1) is 0 Å². The fourth-order valence-corrected chi connectivity index (χ4v) is 3.05. The van der Waals surface area contributed by atoms with Crippen molar-refractivity contribution in [3.63, 3.8) is 0 Å². The number of aromatic nitrogens is 1. The third-order valence-electron chi connectivity index (χ3n) is 4.46. The van der Waals surface area contributed by atoms with E-state index >= 15 is 0 Å². The normalized spacial score (nSPS) is 13.9. The van der Waals surface area contributed by atoms with Crippen LogP contribution in [0.3, 0.4) is 0 Å². The molecular weight excluding hydrogens is 346 g/mol. The highest BCUT2D eigenvalue weighted by Gasteiger charge is 2.20. The highest BCUT2D eigenvalue weighted by molar-refractivity contribution is 5.97. The molecule has 0 unspecified atom stereocenters. The maximum absolute atomic E-state index is 12.7. The number of ether oxygens (including phenoxy) is 1. The molecule has 7 heteroatoms. The Morgan fingerprint density at radius 1 is 1.11 bits per heavy atom. The first-order valence-electron chi connectivity index (χ1n) is 9.02. The number of benzene rings is 1. The van der Waals surface area contributed by atoms with Gasteiger partial charge in [-0.2, -0.15) is 0 Å². The first kappa shape index (κ1) is 18.7. The van der Waals surface area contributed by atoms with E-state index in [1.54, 1.807) is 36.2 Å². The Labute approximate surface area is 157 Å². The SMILES string of the molecule is Cn1cc(C(=O)N2CCCCC2)cc(NC(=O)COc2ccccc2)c1=O. The highest BCUT2D eigenvalue weighted by atomic mass is 16.5. The molecule has 0 atom stereocenters. The lowest BCUT2D eigenvalue weighted by Crippen LogP contribution is -2.36. The average molecular weight is 369 g/mol. The Kier molecular flexibility index (Phi) is 5.90. The highest BCUT2D eigenvalue weighted by Crippen LogP contribution is 2.14. The van der Waals surface area contributed by atoms with Crippen molar-refractivity contribution >= 4 is 17.5 Å². The van der Waals surface area contributed by atoms with Crippen molar-refractivity contribution in [3.8, 4) is 5.75 Å². The molecule has 1 N–H and O–H groups in total. The van der Waals surface area contributed by atoms with Gasteiger partial charge in [0.15, 0.2) is 6.61 Å². The summed E-state index contributed by atoms with van der Waals surface area (Å²) in [5.41, 5.74) is 0.0820. The van der Waals surface area contributed by atoms with Crippen molar-refractivity contribution in [3.05, 3.63) is 58.5 Å². The fourth-order valence-electron chi connectivity index (χ4n) is 3.05. The molecule has 1 fully saturated rings. The minimum absolute atomic E-state index is 0.0713. The lowest BCUT2D eigenvalue weighted by atomic mass is 10.1. The van der Waals surface area contributed by atoms with Crippen molar-refractivity contribution in [1.29, 1.82) is 0 Å². The van der Waals surface area contributed by atoms with E-state index in [-0.39, 0.29) is 23.8 Å². The van der Waals surface area contributed by atoms with Gasteiger partial charge >= 0.3 is 0 Å². The van der Waals surface area contributed by atoms with Crippen LogP contribution in [0.5, 0.6) is 5.75 Å². The van der Waals surface area contributed by atoms with Crippen LogP contribution in [-0.4, -0.2) is 41.0 Å². The van der Waals surface area contributed by atoms with Crippen LogP contribution >= 0.6 is 0 Å². The number of para-hydroxylation sites is 1. The summed E-state index contributed by atoms with van der Waals surface area (Å²) in [6, 6.07) is 10.4. The van der Waals surface area contributed by atoms with Gasteiger partial charge in [0, 0.05) is 26.3 Å². The van der Waals surface area contributed by atoms with Gasteiger partial charge in [0.1, 0.15) is 11.4 Å². The summed E-state index contributed by atoms with van der Waals surface area (Å²) in [7, 11) is 1.56. The number of nitrogens with zero attached hydrogens (tertiary/aromatic N) is 2. The number of carbonyl (C=O) groups is 2. The van der Waals surface area contributed by atoms with Gasteiger partial charge in [-0.3, -0.25) is 14.4 Å². The summed E-state index contributed by atoms with van der Waals surface area (Å²) in [6.45, 7) is 1.21. The fraction of sp³-hybridized carbons (Fsp3) is 0.350. The maximum Gasteiger partial charge on any atom is 0.274 e. The molecule has 0 radical (unpaired) electrons. The van der Waals surface area contributed by atoms with Crippen LogP contribution in [0.1, 0.15) is 29.6 Å². The summed E-state index contributed by atoms with van der Waals surface area (Å²) < 4.78 is 6.70. The van der Waals surface area contributed by atoms with Crippen molar-refractivity contribution in [2.75, 3.05) is 25.0 Å². The number of piperidine rings is 1.